The lowest BCUT2D eigenvalue weighted by atomic mass is 9.80. The maximum absolute atomic E-state index is 11.4. The van der Waals surface area contributed by atoms with Gasteiger partial charge in [-0.05, 0) is 6.42 Å². The van der Waals surface area contributed by atoms with Crippen molar-refractivity contribution >= 4 is 0 Å². The molecule has 21 rings (SSSR count). The largest absolute Gasteiger partial charge is 0.396 e. The minimum absolute atomic E-state index is 0.427. The first-order valence-electron chi connectivity index (χ1n) is 25.0. The van der Waals surface area contributed by atoms with Gasteiger partial charge < -0.3 is 169 Å². The van der Waals surface area contributed by atoms with Gasteiger partial charge in [-0.3, -0.25) is 0 Å². The van der Waals surface area contributed by atoms with Gasteiger partial charge in [-0.15, -0.1) is 0 Å². The van der Waals surface area contributed by atoms with Crippen LogP contribution in [-0.2, 0) is 61.6 Å². The van der Waals surface area contributed by atoms with Crippen LogP contribution in [0.2, 0.25) is 0 Å². The second-order valence-corrected chi connectivity index (χ2v) is 20.1. The van der Waals surface area contributed by atoms with Crippen molar-refractivity contribution in [2.45, 2.75) is 215 Å². The minimum Gasteiger partial charge on any atom is -0.396 e. The van der Waals surface area contributed by atoms with E-state index in [0.717, 1.165) is 0 Å². The van der Waals surface area contributed by atoms with E-state index < -0.39 is 267 Å². The van der Waals surface area contributed by atoms with Crippen LogP contribution in [0.5, 0.6) is 0 Å². The van der Waals surface area contributed by atoms with Crippen molar-refractivity contribution in [1.82, 2.24) is 0 Å². The molecule has 0 spiro atoms. The quantitative estimate of drug-likeness (QED) is 0.113. The van der Waals surface area contributed by atoms with Gasteiger partial charge in [0, 0.05) is 12.5 Å². The van der Waals surface area contributed by atoms with Gasteiger partial charge in [0.05, 0.1) is 51.8 Å². The zero-order chi connectivity index (χ0) is 56.1. The normalized spacial score (nSPS) is 55.4. The fourth-order valence-corrected chi connectivity index (χ4v) is 10.9. The Bertz CT molecular complexity index is 1470. The van der Waals surface area contributed by atoms with Gasteiger partial charge in [-0.25, -0.2) is 0 Å². The molecule has 448 valence electrons. The number of aliphatic hydroxyl groups is 21. The van der Waals surface area contributed by atoms with E-state index in [1.807, 2.05) is 0 Å². The van der Waals surface area contributed by atoms with Gasteiger partial charge in [0.1, 0.15) is 159 Å². The highest BCUT2D eigenvalue weighted by atomic mass is 16.8. The summed E-state index contributed by atoms with van der Waals surface area (Å²) in [5.41, 5.74) is 0. The van der Waals surface area contributed by atoms with E-state index in [-0.39, 0.29) is 0 Å². The summed E-state index contributed by atoms with van der Waals surface area (Å²) < 4.78 is 74.4. The van der Waals surface area contributed by atoms with Crippen molar-refractivity contribution in [2.75, 3.05) is 46.2 Å². The van der Waals surface area contributed by atoms with Crippen molar-refractivity contribution in [1.29, 1.82) is 0 Å². The lowest BCUT2D eigenvalue weighted by molar-refractivity contribution is -0.396. The lowest BCUT2D eigenvalue weighted by Gasteiger charge is -2.50. The molecule has 14 bridgehead atoms. The van der Waals surface area contributed by atoms with E-state index >= 15 is 0 Å². The number of ether oxygens (including phenoxy) is 13. The number of hydrogen-bond donors (Lipinski definition) is 21. The number of hydrogen-bond acceptors (Lipinski definition) is 34. The van der Waals surface area contributed by atoms with Gasteiger partial charge >= 0.3 is 0 Å². The number of aliphatic hydroxyl groups excluding tert-OH is 21. The smallest absolute Gasteiger partial charge is 0.187 e. The van der Waals surface area contributed by atoms with Gasteiger partial charge in [-0.2, -0.15) is 0 Å². The van der Waals surface area contributed by atoms with Crippen molar-refractivity contribution in [3.05, 3.63) is 0 Å². The average molecular weight is 1130 g/mol. The molecule has 77 heavy (non-hydrogen) atoms. The highest BCUT2D eigenvalue weighted by Gasteiger charge is 2.59. The summed E-state index contributed by atoms with van der Waals surface area (Å²) in [5.74, 6) is -1.23. The molecule has 0 aromatic carbocycles. The summed E-state index contributed by atoms with van der Waals surface area (Å²) in [5, 5.41) is 231. The molecule has 21 aliphatic rings. The third-order valence-electron chi connectivity index (χ3n) is 15.3. The Balaban J connectivity index is 1.08. The van der Waals surface area contributed by atoms with Crippen LogP contribution in [0.15, 0.2) is 0 Å². The first kappa shape index (κ1) is 61.7. The van der Waals surface area contributed by atoms with Crippen LogP contribution in [0.1, 0.15) is 6.42 Å². The Hall–Kier alpha value is -1.36. The van der Waals surface area contributed by atoms with Crippen LogP contribution in [0.25, 0.3) is 0 Å². The zero-order valence-corrected chi connectivity index (χ0v) is 40.6. The second kappa shape index (κ2) is 26.1. The average Bonchev–Trinajstić information content (AvgIpc) is 3.42. The predicted molar refractivity (Wildman–Crippen MR) is 232 cm³/mol. The molecule has 20 heterocycles. The maximum atomic E-state index is 11.4. The first-order chi connectivity index (χ1) is 36.7. The van der Waals surface area contributed by atoms with Crippen LogP contribution in [0.4, 0.5) is 0 Å². The topological polar surface area (TPSA) is 545 Å². The second-order valence-electron chi connectivity index (χ2n) is 20.1. The summed E-state index contributed by atoms with van der Waals surface area (Å²) >= 11 is 0. The maximum Gasteiger partial charge on any atom is 0.187 e. The van der Waals surface area contributed by atoms with Crippen LogP contribution in [-0.4, -0.2) is 362 Å². The summed E-state index contributed by atoms with van der Waals surface area (Å²) in [6.45, 7) is -6.98. The standard InChI is InChI=1S/C43H72O34/c44-2-9-1-10-17(51)18(52)31(9)72-38-26(60)20(54)33(12(4-46)67-38)74-40-28(62)22(56)35(14(6-48)69-40)76-42-30(64)24(58)37(16(8-50)71-42)77-43-29(63)23(57)36(15(7-49)70-43)75-41-27(61)21(55)34(13(5-47)68-41)73-39-25(59)19(53)32(65-10)11(3-45)66-39/h9-64H,1-8H2/t9-,10?,11-,12-,13-,14-,15-,16-,17+,18-,19-,20?,21-,22-,23-,24-,25-,26-,27-,28-,29-,30-,31-,32-,33-,34?,35?,36-,37-,38?,39?,40?,41?,42?,43?/m1/s1. The molecule has 0 radical (unpaired) electrons. The van der Waals surface area contributed by atoms with E-state index in [0.29, 0.717) is 0 Å². The highest BCUT2D eigenvalue weighted by Crippen LogP contribution is 2.40. The molecule has 34 heteroatoms. The molecule has 34 nitrogen and oxygen atoms in total. The Morgan fingerprint density at radius 3 is 0.610 bits per heavy atom. The SMILES string of the molecule is OC[C@H]1CC2O[C@H]3[C@H](O)[C@@H](O)C(OC4[C@@H](CO)OC(O[C@H]5[C@H](O)[C@@H](O)C(O[C@H]6[C@H](O)[C@@H](O)C(OC7[C@@H](CO)OC(O[C@H]8C(O)[C@@H](O)C(O[C@H]1[C@H](O)[C@H]2O)O[C@@H]8CO)[C@H](O)[C@H]7O)O[C@@H]6CO)O[C@@H]5CO)[C@H](O)[C@H]4O)O[C@@H]3CO. The van der Waals surface area contributed by atoms with Gasteiger partial charge in [-0.1, -0.05) is 0 Å². The molecule has 10 unspecified atom stereocenters. The lowest BCUT2D eigenvalue weighted by Crippen LogP contribution is -2.68. The molecule has 0 aromatic rings. The monoisotopic (exact) mass is 1130 g/mol. The molecule has 21 fully saturated rings. The number of rotatable bonds is 7. The third-order valence-corrected chi connectivity index (χ3v) is 15.3. The fourth-order valence-electron chi connectivity index (χ4n) is 10.9. The molecular formula is C43H72O34. The van der Waals surface area contributed by atoms with E-state index in [9.17, 15) is 107 Å². The van der Waals surface area contributed by atoms with Crippen molar-refractivity contribution in [2.24, 2.45) is 5.92 Å². The molecule has 0 aromatic heterocycles. The highest BCUT2D eigenvalue weighted by molar-refractivity contribution is 5.02. The van der Waals surface area contributed by atoms with E-state index in [4.69, 9.17) is 61.6 Å². The first-order valence-corrected chi connectivity index (χ1v) is 25.0. The van der Waals surface area contributed by atoms with Crippen molar-refractivity contribution in [3.63, 3.8) is 0 Å². The van der Waals surface area contributed by atoms with E-state index in [2.05, 4.69) is 0 Å². The van der Waals surface area contributed by atoms with Crippen LogP contribution >= 0.6 is 0 Å². The zero-order valence-electron chi connectivity index (χ0n) is 40.6. The van der Waals surface area contributed by atoms with Crippen molar-refractivity contribution < 1.29 is 169 Å². The Kier molecular flexibility index (Phi) is 20.9. The fraction of sp³-hybridized carbons (Fsp3) is 1.00. The van der Waals surface area contributed by atoms with Crippen LogP contribution < -0.4 is 0 Å². The molecule has 35 atom stereocenters. The molecule has 21 N–H and O–H groups in total. The molecule has 1 aliphatic carbocycles. The Morgan fingerprint density at radius 1 is 0.208 bits per heavy atom. The molecule has 0 amide bonds. The summed E-state index contributed by atoms with van der Waals surface area (Å²) in [4.78, 5) is 0. The Labute approximate surface area is 435 Å². The predicted octanol–water partition coefficient (Wildman–Crippen LogP) is -14.6. The van der Waals surface area contributed by atoms with E-state index in [1.165, 1.54) is 0 Å². The van der Waals surface area contributed by atoms with E-state index in [1.54, 1.807) is 0 Å². The Morgan fingerprint density at radius 2 is 0.403 bits per heavy atom. The minimum atomic E-state index is -2.20. The van der Waals surface area contributed by atoms with Crippen molar-refractivity contribution in [3.8, 4) is 0 Å². The summed E-state index contributed by atoms with van der Waals surface area (Å²) in [7, 11) is 0. The third kappa shape index (κ3) is 12.1. The summed E-state index contributed by atoms with van der Waals surface area (Å²) in [6, 6.07) is 0. The molecular weight excluding hydrogens is 1060 g/mol. The van der Waals surface area contributed by atoms with Crippen LogP contribution in [0.3, 0.4) is 0 Å². The van der Waals surface area contributed by atoms with Gasteiger partial charge in [0.25, 0.3) is 0 Å². The molecule has 20 aliphatic heterocycles. The molecule has 1 saturated carbocycles. The van der Waals surface area contributed by atoms with Gasteiger partial charge in [0.2, 0.25) is 0 Å². The molecule has 20 saturated heterocycles. The summed E-state index contributed by atoms with van der Waals surface area (Å²) in [6.07, 6.45) is -67.0. The van der Waals surface area contributed by atoms with Crippen LogP contribution in [0, 0.1) is 5.92 Å². The van der Waals surface area contributed by atoms with Gasteiger partial charge in [0.15, 0.2) is 37.7 Å².